The molecule has 2 nitrogen and oxygen atoms in total. The lowest BCUT2D eigenvalue weighted by molar-refractivity contribution is -0.107. The minimum Gasteiger partial charge on any atom is -0.441 e. The molecule has 0 N–H and O–H groups in total. The molecule has 0 saturated heterocycles. The van der Waals surface area contributed by atoms with Gasteiger partial charge in [0.05, 0.1) is 0 Å². The maximum Gasteiger partial charge on any atom is 0.288 e. The van der Waals surface area contributed by atoms with Gasteiger partial charge in [0.2, 0.25) is 0 Å². The summed E-state index contributed by atoms with van der Waals surface area (Å²) in [5.41, 5.74) is 0. The van der Waals surface area contributed by atoms with Gasteiger partial charge in [-0.05, 0) is 12.8 Å². The number of aldehydes is 1. The Balaban J connectivity index is 2.77. The summed E-state index contributed by atoms with van der Waals surface area (Å²) in [5.74, 6) is 0. The van der Waals surface area contributed by atoms with E-state index in [4.69, 9.17) is 4.65 Å². The van der Waals surface area contributed by atoms with Gasteiger partial charge in [-0.1, -0.05) is 26.1 Å². The van der Waals surface area contributed by atoms with Crippen LogP contribution in [0.4, 0.5) is 0 Å². The summed E-state index contributed by atoms with van der Waals surface area (Å²) in [6, 6.07) is 0. The van der Waals surface area contributed by atoms with E-state index < -0.39 is 0 Å². The van der Waals surface area contributed by atoms with Crippen LogP contribution in [0.1, 0.15) is 38.5 Å². The maximum atomic E-state index is 9.95. The van der Waals surface area contributed by atoms with Gasteiger partial charge in [-0.3, -0.25) is 0 Å². The van der Waals surface area contributed by atoms with Crippen molar-refractivity contribution >= 4 is 13.8 Å². The molecule has 0 aromatic heterocycles. The third-order valence-electron chi connectivity index (χ3n) is 1.75. The van der Waals surface area contributed by atoms with Crippen molar-refractivity contribution in [3.63, 3.8) is 0 Å². The van der Waals surface area contributed by atoms with Crippen LogP contribution in [0.2, 0.25) is 6.82 Å². The van der Waals surface area contributed by atoms with Crippen molar-refractivity contribution in [3.8, 4) is 0 Å². The molecule has 1 radical (unpaired) electrons. The van der Waals surface area contributed by atoms with E-state index in [0.717, 1.165) is 32.2 Å². The predicted octanol–water partition coefficient (Wildman–Crippen LogP) is 2.21. The second-order valence-corrected chi connectivity index (χ2v) is 2.83. The molecule has 0 unspecified atom stereocenters. The van der Waals surface area contributed by atoms with Crippen LogP contribution in [0.5, 0.6) is 0 Å². The second-order valence-electron chi connectivity index (χ2n) is 2.83. The molecule has 0 bridgehead atoms. The van der Waals surface area contributed by atoms with Gasteiger partial charge in [-0.25, -0.2) is 0 Å². The van der Waals surface area contributed by atoms with E-state index >= 15 is 0 Å². The van der Waals surface area contributed by atoms with Gasteiger partial charge in [-0.15, -0.1) is 0 Å². The number of hydrogen-bond acceptors (Lipinski definition) is 2. The zero-order valence-corrected chi connectivity index (χ0v) is 7.92. The summed E-state index contributed by atoms with van der Waals surface area (Å²) < 4.78 is 5.08. The Bertz CT molecular complexity index is 96.5. The molecule has 0 spiro atoms. The molecule has 0 heterocycles. The Morgan fingerprint density at radius 2 is 1.83 bits per heavy atom. The maximum absolute atomic E-state index is 9.95. The molecule has 0 amide bonds. The lowest BCUT2D eigenvalue weighted by Crippen LogP contribution is -1.95. The molecule has 0 aliphatic carbocycles. The third kappa shape index (κ3) is 9.69. The molecule has 0 aromatic rings. The van der Waals surface area contributed by atoms with Crippen molar-refractivity contribution in [1.29, 1.82) is 0 Å². The monoisotopic (exact) mass is 169 g/mol. The van der Waals surface area contributed by atoms with Crippen LogP contribution in [0, 0.1) is 0 Å². The summed E-state index contributed by atoms with van der Waals surface area (Å²) in [4.78, 5) is 9.95. The zero-order chi connectivity index (χ0) is 9.07. The molecule has 12 heavy (non-hydrogen) atoms. The molecule has 0 aromatic carbocycles. The first-order chi connectivity index (χ1) is 5.91. The lowest BCUT2D eigenvalue weighted by Gasteiger charge is -2.00. The van der Waals surface area contributed by atoms with Crippen molar-refractivity contribution in [2.75, 3.05) is 6.61 Å². The molecule has 3 heteroatoms. The normalized spacial score (nSPS) is 9.75. The van der Waals surface area contributed by atoms with Crippen LogP contribution in [0.25, 0.3) is 0 Å². The molecule has 0 rings (SSSR count). The van der Waals surface area contributed by atoms with Gasteiger partial charge in [0.1, 0.15) is 6.29 Å². The van der Waals surface area contributed by atoms with Gasteiger partial charge >= 0.3 is 0 Å². The van der Waals surface area contributed by atoms with Crippen LogP contribution in [0.15, 0.2) is 0 Å². The highest BCUT2D eigenvalue weighted by molar-refractivity contribution is 6.24. The van der Waals surface area contributed by atoms with Crippen molar-refractivity contribution in [2.45, 2.75) is 45.3 Å². The van der Waals surface area contributed by atoms with Crippen molar-refractivity contribution in [3.05, 3.63) is 0 Å². The van der Waals surface area contributed by atoms with Crippen molar-refractivity contribution < 1.29 is 9.45 Å². The number of carbonyl (C=O) groups excluding carboxylic acids is 1. The van der Waals surface area contributed by atoms with Gasteiger partial charge < -0.3 is 9.45 Å². The number of hydrogen-bond donors (Lipinski definition) is 0. The molecule has 0 aliphatic rings. The smallest absolute Gasteiger partial charge is 0.288 e. The fraction of sp³-hybridized carbons (Fsp3) is 0.889. The fourth-order valence-corrected chi connectivity index (χ4v) is 1.06. The van der Waals surface area contributed by atoms with Gasteiger partial charge in [0, 0.05) is 13.0 Å². The highest BCUT2D eigenvalue weighted by Crippen LogP contribution is 2.04. The van der Waals surface area contributed by atoms with Crippen LogP contribution < -0.4 is 0 Å². The SMILES string of the molecule is C[B]OCCCCCCCC=O. The van der Waals surface area contributed by atoms with Crippen molar-refractivity contribution in [1.82, 2.24) is 0 Å². The minimum atomic E-state index is 0.721. The summed E-state index contributed by atoms with van der Waals surface area (Å²) in [7, 11) is 1.73. The second kappa shape index (κ2) is 10.7. The quantitative estimate of drug-likeness (QED) is 0.300. The first kappa shape index (κ1) is 11.7. The average Bonchev–Trinajstić information content (AvgIpc) is 2.10. The lowest BCUT2D eigenvalue weighted by atomic mass is 10.1. The van der Waals surface area contributed by atoms with E-state index in [-0.39, 0.29) is 0 Å². The highest BCUT2D eigenvalue weighted by Gasteiger charge is 1.90. The van der Waals surface area contributed by atoms with E-state index in [1.165, 1.54) is 19.3 Å². The van der Waals surface area contributed by atoms with Crippen LogP contribution in [-0.4, -0.2) is 20.4 Å². The van der Waals surface area contributed by atoms with Gasteiger partial charge in [0.15, 0.2) is 0 Å². The summed E-state index contributed by atoms with van der Waals surface area (Å²) >= 11 is 0. The third-order valence-corrected chi connectivity index (χ3v) is 1.75. The Kier molecular flexibility index (Phi) is 10.4. The van der Waals surface area contributed by atoms with Gasteiger partial charge in [-0.2, -0.15) is 0 Å². The van der Waals surface area contributed by atoms with E-state index in [1.807, 2.05) is 6.82 Å². The first-order valence-electron chi connectivity index (χ1n) is 4.75. The topological polar surface area (TPSA) is 26.3 Å². The minimum absolute atomic E-state index is 0.721. The van der Waals surface area contributed by atoms with Gasteiger partial charge in [0.25, 0.3) is 7.48 Å². The Labute approximate surface area is 76.0 Å². The fourth-order valence-electron chi connectivity index (χ4n) is 1.06. The van der Waals surface area contributed by atoms with Crippen LogP contribution >= 0.6 is 0 Å². The van der Waals surface area contributed by atoms with Crippen LogP contribution in [-0.2, 0) is 9.45 Å². The highest BCUT2D eigenvalue weighted by atomic mass is 16.4. The number of rotatable bonds is 9. The molecule has 69 valence electrons. The van der Waals surface area contributed by atoms with E-state index in [1.54, 1.807) is 7.48 Å². The Morgan fingerprint density at radius 1 is 1.17 bits per heavy atom. The molecular formula is C9H18BO2. The van der Waals surface area contributed by atoms with E-state index in [0.29, 0.717) is 0 Å². The molecule has 0 saturated carbocycles. The predicted molar refractivity (Wildman–Crippen MR) is 51.3 cm³/mol. The first-order valence-corrected chi connectivity index (χ1v) is 4.75. The van der Waals surface area contributed by atoms with Crippen LogP contribution in [0.3, 0.4) is 0 Å². The molecule has 0 aliphatic heterocycles. The van der Waals surface area contributed by atoms with Crippen molar-refractivity contribution in [2.24, 2.45) is 0 Å². The molecular weight excluding hydrogens is 151 g/mol. The summed E-state index contributed by atoms with van der Waals surface area (Å²) in [6.45, 7) is 2.73. The average molecular weight is 169 g/mol. The Hall–Kier alpha value is -0.305. The molecule has 0 atom stereocenters. The number of carbonyl (C=O) groups is 1. The zero-order valence-electron chi connectivity index (χ0n) is 7.92. The Morgan fingerprint density at radius 3 is 2.50 bits per heavy atom. The number of unbranched alkanes of at least 4 members (excludes halogenated alkanes) is 5. The summed E-state index contributed by atoms with van der Waals surface area (Å²) in [5, 5.41) is 0. The van der Waals surface area contributed by atoms with E-state index in [9.17, 15) is 4.79 Å². The summed E-state index contributed by atoms with van der Waals surface area (Å²) in [6.07, 6.45) is 7.51. The standard InChI is InChI=1S/C9H18BO2/c1-10-12-9-7-5-3-2-4-6-8-11/h8H,2-7,9H2,1H3. The van der Waals surface area contributed by atoms with E-state index in [2.05, 4.69) is 0 Å². The molecule has 0 fully saturated rings. The largest absolute Gasteiger partial charge is 0.441 e.